The van der Waals surface area contributed by atoms with Gasteiger partial charge in [0.1, 0.15) is 0 Å². The normalized spacial score (nSPS) is 10.6. The minimum absolute atomic E-state index is 0.270. The molecule has 1 aromatic rings. The predicted octanol–water partition coefficient (Wildman–Crippen LogP) is 0.540. The first-order valence-electron chi connectivity index (χ1n) is 3.97. The van der Waals surface area contributed by atoms with Crippen LogP contribution < -0.4 is 5.32 Å². The van der Waals surface area contributed by atoms with Gasteiger partial charge >= 0.3 is 0 Å². The highest BCUT2D eigenvalue weighted by atomic mass is 16.7. The predicted molar refractivity (Wildman–Crippen MR) is 47.7 cm³/mol. The Morgan fingerprint density at radius 1 is 1.57 bits per heavy atom. The molecule has 0 saturated carbocycles. The zero-order valence-corrected chi connectivity index (χ0v) is 8.23. The number of methoxy groups -OCH3 is 2. The molecule has 0 aromatic carbocycles. The number of aryl methyl sites for hydroxylation is 1. The number of nitrogens with zero attached hydrogens (tertiary/aromatic N) is 1. The van der Waals surface area contributed by atoms with Crippen LogP contribution in [0.25, 0.3) is 0 Å². The number of aromatic nitrogens is 1. The van der Waals surface area contributed by atoms with Gasteiger partial charge < -0.3 is 14.0 Å². The summed E-state index contributed by atoms with van der Waals surface area (Å²) >= 11 is 0. The number of rotatable bonds is 4. The van der Waals surface area contributed by atoms with Crippen molar-refractivity contribution < 1.29 is 18.8 Å². The number of amides is 1. The van der Waals surface area contributed by atoms with E-state index in [1.807, 2.05) is 0 Å². The third-order valence-corrected chi connectivity index (χ3v) is 1.52. The van der Waals surface area contributed by atoms with Gasteiger partial charge in [-0.25, -0.2) is 0 Å². The fraction of sp³-hybridized carbons (Fsp3) is 0.500. The van der Waals surface area contributed by atoms with Gasteiger partial charge in [-0.3, -0.25) is 10.1 Å². The monoisotopic (exact) mass is 200 g/mol. The molecule has 0 saturated heterocycles. The zero-order chi connectivity index (χ0) is 10.6. The summed E-state index contributed by atoms with van der Waals surface area (Å²) in [4.78, 5) is 11.3. The van der Waals surface area contributed by atoms with Crippen molar-refractivity contribution in [3.63, 3.8) is 0 Å². The first-order valence-corrected chi connectivity index (χ1v) is 3.97. The summed E-state index contributed by atoms with van der Waals surface area (Å²) in [6.07, 6.45) is -0.944. The Bertz CT molecular complexity index is 306. The number of hydrogen-bond donors (Lipinski definition) is 1. The Morgan fingerprint density at radius 2 is 2.21 bits per heavy atom. The van der Waals surface area contributed by atoms with Crippen LogP contribution in [0.15, 0.2) is 10.6 Å². The minimum atomic E-state index is -0.944. The summed E-state index contributed by atoms with van der Waals surface area (Å²) in [6, 6.07) is 1.60. The molecule has 1 heterocycles. The van der Waals surface area contributed by atoms with E-state index in [4.69, 9.17) is 14.0 Å². The average molecular weight is 200 g/mol. The SMILES string of the molecule is COC(OC)C(=O)Nc1cc(C)no1. The molecule has 1 amide bonds. The van der Waals surface area contributed by atoms with Crippen molar-refractivity contribution in [2.45, 2.75) is 13.2 Å². The molecule has 0 radical (unpaired) electrons. The van der Waals surface area contributed by atoms with E-state index in [1.165, 1.54) is 14.2 Å². The second-order valence-corrected chi connectivity index (χ2v) is 2.63. The maximum atomic E-state index is 11.3. The molecule has 0 atom stereocenters. The van der Waals surface area contributed by atoms with Crippen molar-refractivity contribution in [2.24, 2.45) is 0 Å². The lowest BCUT2D eigenvalue weighted by Crippen LogP contribution is -2.30. The van der Waals surface area contributed by atoms with Crippen molar-refractivity contribution in [1.29, 1.82) is 0 Å². The van der Waals surface area contributed by atoms with Crippen LogP contribution in [0.3, 0.4) is 0 Å². The molecule has 0 aliphatic carbocycles. The third-order valence-electron chi connectivity index (χ3n) is 1.52. The lowest BCUT2D eigenvalue weighted by Gasteiger charge is -2.10. The lowest BCUT2D eigenvalue weighted by atomic mass is 10.4. The molecule has 0 aliphatic heterocycles. The van der Waals surface area contributed by atoms with E-state index in [9.17, 15) is 4.79 Å². The molecular formula is C8H12N2O4. The third kappa shape index (κ3) is 2.54. The quantitative estimate of drug-likeness (QED) is 0.718. The number of anilines is 1. The molecule has 14 heavy (non-hydrogen) atoms. The van der Waals surface area contributed by atoms with Gasteiger partial charge in [0.2, 0.25) is 12.2 Å². The molecule has 0 aliphatic rings. The highest BCUT2D eigenvalue weighted by Gasteiger charge is 2.18. The van der Waals surface area contributed by atoms with Crippen molar-refractivity contribution >= 4 is 11.8 Å². The highest BCUT2D eigenvalue weighted by Crippen LogP contribution is 2.09. The summed E-state index contributed by atoms with van der Waals surface area (Å²) in [5, 5.41) is 6.06. The highest BCUT2D eigenvalue weighted by molar-refractivity contribution is 5.92. The van der Waals surface area contributed by atoms with E-state index >= 15 is 0 Å². The molecule has 1 N–H and O–H groups in total. The topological polar surface area (TPSA) is 73.6 Å². The van der Waals surface area contributed by atoms with Crippen LogP contribution in [0, 0.1) is 6.92 Å². The Kier molecular flexibility index (Phi) is 3.61. The Morgan fingerprint density at radius 3 is 2.64 bits per heavy atom. The first kappa shape index (κ1) is 10.7. The number of carbonyl (C=O) groups is 1. The summed E-state index contributed by atoms with van der Waals surface area (Å²) < 4.78 is 14.3. The van der Waals surface area contributed by atoms with E-state index < -0.39 is 12.2 Å². The molecule has 0 fully saturated rings. The summed E-state index contributed by atoms with van der Waals surface area (Å²) in [6.45, 7) is 1.75. The number of ether oxygens (including phenoxy) is 2. The summed E-state index contributed by atoms with van der Waals surface area (Å²) in [5.41, 5.74) is 0.687. The molecule has 0 bridgehead atoms. The molecule has 6 heteroatoms. The van der Waals surface area contributed by atoms with E-state index in [0.29, 0.717) is 5.69 Å². The zero-order valence-electron chi connectivity index (χ0n) is 8.23. The van der Waals surface area contributed by atoms with Gasteiger partial charge in [-0.2, -0.15) is 0 Å². The number of hydrogen-bond acceptors (Lipinski definition) is 5. The van der Waals surface area contributed by atoms with Crippen molar-refractivity contribution in [3.05, 3.63) is 11.8 Å². The maximum Gasteiger partial charge on any atom is 0.283 e. The Balaban J connectivity index is 2.56. The van der Waals surface area contributed by atoms with Gasteiger partial charge in [-0.1, -0.05) is 5.16 Å². The van der Waals surface area contributed by atoms with Crippen LogP contribution in [-0.4, -0.2) is 31.6 Å². The van der Waals surface area contributed by atoms with Gasteiger partial charge in [-0.15, -0.1) is 0 Å². The van der Waals surface area contributed by atoms with Gasteiger partial charge in [0.15, 0.2) is 0 Å². The van der Waals surface area contributed by atoms with Gasteiger partial charge in [0.25, 0.3) is 5.91 Å². The van der Waals surface area contributed by atoms with E-state index in [-0.39, 0.29) is 5.88 Å². The maximum absolute atomic E-state index is 11.3. The van der Waals surface area contributed by atoms with Crippen molar-refractivity contribution in [3.8, 4) is 0 Å². The molecule has 0 spiro atoms. The minimum Gasteiger partial charge on any atom is -0.348 e. The average Bonchev–Trinajstić information content (AvgIpc) is 2.53. The molecule has 1 rings (SSSR count). The van der Waals surface area contributed by atoms with Gasteiger partial charge in [0.05, 0.1) is 5.69 Å². The van der Waals surface area contributed by atoms with Crippen molar-refractivity contribution in [2.75, 3.05) is 19.5 Å². The molecule has 0 unspecified atom stereocenters. The Hall–Kier alpha value is -1.40. The lowest BCUT2D eigenvalue weighted by molar-refractivity contribution is -0.153. The van der Waals surface area contributed by atoms with E-state index in [0.717, 1.165) is 0 Å². The molecular weight excluding hydrogens is 188 g/mol. The summed E-state index contributed by atoms with van der Waals surface area (Å²) in [7, 11) is 2.75. The van der Waals surface area contributed by atoms with E-state index in [1.54, 1.807) is 13.0 Å². The van der Waals surface area contributed by atoms with Crippen LogP contribution in [-0.2, 0) is 14.3 Å². The van der Waals surface area contributed by atoms with Crippen LogP contribution in [0.1, 0.15) is 5.69 Å². The van der Waals surface area contributed by atoms with Gasteiger partial charge in [-0.05, 0) is 6.92 Å². The van der Waals surface area contributed by atoms with Gasteiger partial charge in [0, 0.05) is 20.3 Å². The molecule has 78 valence electrons. The number of nitrogens with one attached hydrogen (secondary N) is 1. The van der Waals surface area contributed by atoms with E-state index in [2.05, 4.69) is 10.5 Å². The second-order valence-electron chi connectivity index (χ2n) is 2.63. The second kappa shape index (κ2) is 4.73. The summed E-state index contributed by atoms with van der Waals surface area (Å²) in [5.74, 6) is -0.169. The first-order chi connectivity index (χ1) is 6.67. The van der Waals surface area contributed by atoms with Crippen LogP contribution >= 0.6 is 0 Å². The van der Waals surface area contributed by atoms with Crippen LogP contribution in [0.4, 0.5) is 5.88 Å². The van der Waals surface area contributed by atoms with Crippen LogP contribution in [0.2, 0.25) is 0 Å². The standard InChI is InChI=1S/C8H12N2O4/c1-5-4-6(14-10-5)9-7(11)8(12-2)13-3/h4,8H,1-3H3,(H,9,11). The fourth-order valence-corrected chi connectivity index (χ4v) is 0.913. The largest absolute Gasteiger partial charge is 0.348 e. The molecule has 1 aromatic heterocycles. The van der Waals surface area contributed by atoms with Crippen molar-refractivity contribution in [1.82, 2.24) is 5.16 Å². The smallest absolute Gasteiger partial charge is 0.283 e. The fourth-order valence-electron chi connectivity index (χ4n) is 0.913. The molecule has 6 nitrogen and oxygen atoms in total. The Labute approximate surface area is 81.2 Å². The van der Waals surface area contributed by atoms with Crippen LogP contribution in [0.5, 0.6) is 0 Å². The number of carbonyl (C=O) groups excluding carboxylic acids is 1.